The summed E-state index contributed by atoms with van der Waals surface area (Å²) in [6.07, 6.45) is 2.55. The second-order valence-corrected chi connectivity index (χ2v) is 7.96. The SMILES string of the molecule is CC(C)NS(=O)(=O)c1ccc(NC(=O)CC2CCNCC2)cc1.Cl. The van der Waals surface area contributed by atoms with E-state index in [-0.39, 0.29) is 29.3 Å². The van der Waals surface area contributed by atoms with Crippen LogP contribution in [0.2, 0.25) is 0 Å². The minimum absolute atomic E-state index is 0. The molecule has 1 saturated heterocycles. The lowest BCUT2D eigenvalue weighted by Crippen LogP contribution is -2.30. The summed E-state index contributed by atoms with van der Waals surface area (Å²) in [5.41, 5.74) is 0.618. The summed E-state index contributed by atoms with van der Waals surface area (Å²) < 4.78 is 26.6. The first kappa shape index (κ1) is 20.9. The van der Waals surface area contributed by atoms with Gasteiger partial charge in [0, 0.05) is 18.2 Å². The fourth-order valence-electron chi connectivity index (χ4n) is 2.66. The van der Waals surface area contributed by atoms with Crippen LogP contribution in [0.4, 0.5) is 5.69 Å². The van der Waals surface area contributed by atoms with Crippen LogP contribution in [-0.4, -0.2) is 33.5 Å². The monoisotopic (exact) mass is 375 g/mol. The van der Waals surface area contributed by atoms with Crippen molar-refractivity contribution >= 4 is 34.0 Å². The van der Waals surface area contributed by atoms with Gasteiger partial charge in [0.2, 0.25) is 15.9 Å². The number of amides is 1. The molecular formula is C16H26ClN3O3S. The van der Waals surface area contributed by atoms with Gasteiger partial charge in [-0.3, -0.25) is 4.79 Å². The number of carbonyl (C=O) groups excluding carboxylic acids is 1. The molecule has 1 aromatic carbocycles. The molecule has 0 aliphatic carbocycles. The Morgan fingerprint density at radius 2 is 1.79 bits per heavy atom. The molecule has 0 radical (unpaired) electrons. The first-order valence-electron chi connectivity index (χ1n) is 8.00. The quantitative estimate of drug-likeness (QED) is 0.710. The van der Waals surface area contributed by atoms with E-state index in [0.29, 0.717) is 18.0 Å². The third-order valence-electron chi connectivity index (χ3n) is 3.77. The Kier molecular flexibility index (Phi) is 8.15. The van der Waals surface area contributed by atoms with E-state index < -0.39 is 10.0 Å². The number of hydrogen-bond acceptors (Lipinski definition) is 4. The third-order valence-corrected chi connectivity index (χ3v) is 5.45. The van der Waals surface area contributed by atoms with Crippen LogP contribution in [0.3, 0.4) is 0 Å². The van der Waals surface area contributed by atoms with Crippen molar-refractivity contribution in [2.24, 2.45) is 5.92 Å². The molecule has 24 heavy (non-hydrogen) atoms. The predicted molar refractivity (Wildman–Crippen MR) is 98.0 cm³/mol. The minimum Gasteiger partial charge on any atom is -0.326 e. The van der Waals surface area contributed by atoms with Gasteiger partial charge in [-0.1, -0.05) is 0 Å². The van der Waals surface area contributed by atoms with Crippen LogP contribution in [0.15, 0.2) is 29.2 Å². The van der Waals surface area contributed by atoms with E-state index in [2.05, 4.69) is 15.4 Å². The molecule has 1 aromatic rings. The number of halogens is 1. The summed E-state index contributed by atoms with van der Waals surface area (Å²) in [4.78, 5) is 12.2. The summed E-state index contributed by atoms with van der Waals surface area (Å²) in [6, 6.07) is 6.09. The molecule has 1 heterocycles. The second kappa shape index (κ2) is 9.36. The first-order chi connectivity index (χ1) is 10.9. The third kappa shape index (κ3) is 6.39. The molecule has 0 aromatic heterocycles. The van der Waals surface area contributed by atoms with E-state index in [1.54, 1.807) is 26.0 Å². The molecule has 3 N–H and O–H groups in total. The van der Waals surface area contributed by atoms with Crippen molar-refractivity contribution in [1.29, 1.82) is 0 Å². The average molecular weight is 376 g/mol. The van der Waals surface area contributed by atoms with Crippen LogP contribution in [-0.2, 0) is 14.8 Å². The highest BCUT2D eigenvalue weighted by Crippen LogP contribution is 2.18. The summed E-state index contributed by atoms with van der Waals surface area (Å²) >= 11 is 0. The maximum atomic E-state index is 12.0. The van der Waals surface area contributed by atoms with E-state index >= 15 is 0 Å². The Morgan fingerprint density at radius 3 is 2.33 bits per heavy atom. The Labute approximate surface area is 150 Å². The lowest BCUT2D eigenvalue weighted by atomic mass is 9.94. The molecule has 0 spiro atoms. The molecule has 0 saturated carbocycles. The number of hydrogen-bond donors (Lipinski definition) is 3. The number of rotatable bonds is 6. The van der Waals surface area contributed by atoms with Crippen LogP contribution in [0.5, 0.6) is 0 Å². The lowest BCUT2D eigenvalue weighted by Gasteiger charge is -2.21. The average Bonchev–Trinajstić information content (AvgIpc) is 2.47. The Morgan fingerprint density at radius 1 is 1.21 bits per heavy atom. The van der Waals surface area contributed by atoms with Crippen molar-refractivity contribution in [2.75, 3.05) is 18.4 Å². The first-order valence-corrected chi connectivity index (χ1v) is 9.48. The molecule has 1 amide bonds. The van der Waals surface area contributed by atoms with Crippen LogP contribution in [0.25, 0.3) is 0 Å². The fraction of sp³-hybridized carbons (Fsp3) is 0.562. The highest BCUT2D eigenvalue weighted by atomic mass is 35.5. The number of benzene rings is 1. The zero-order valence-corrected chi connectivity index (χ0v) is 15.7. The highest BCUT2D eigenvalue weighted by molar-refractivity contribution is 7.89. The molecule has 1 aliphatic rings. The van der Waals surface area contributed by atoms with Crippen molar-refractivity contribution in [3.8, 4) is 0 Å². The van der Waals surface area contributed by atoms with Crippen LogP contribution in [0, 0.1) is 5.92 Å². The maximum Gasteiger partial charge on any atom is 0.240 e. The largest absolute Gasteiger partial charge is 0.326 e. The molecule has 2 rings (SSSR count). The molecule has 1 aliphatic heterocycles. The Hall–Kier alpha value is -1.15. The smallest absolute Gasteiger partial charge is 0.240 e. The van der Waals surface area contributed by atoms with Gasteiger partial charge in [-0.05, 0) is 70.0 Å². The van der Waals surface area contributed by atoms with Gasteiger partial charge in [0.1, 0.15) is 0 Å². The molecular weight excluding hydrogens is 350 g/mol. The van der Waals surface area contributed by atoms with E-state index in [9.17, 15) is 13.2 Å². The summed E-state index contributed by atoms with van der Waals surface area (Å²) in [5, 5.41) is 6.11. The molecule has 136 valence electrons. The highest BCUT2D eigenvalue weighted by Gasteiger charge is 2.18. The molecule has 0 atom stereocenters. The van der Waals surface area contributed by atoms with Crippen LogP contribution < -0.4 is 15.4 Å². The number of nitrogens with one attached hydrogen (secondary N) is 3. The Bertz CT molecular complexity index is 626. The minimum atomic E-state index is -3.50. The summed E-state index contributed by atoms with van der Waals surface area (Å²) in [5.74, 6) is 0.402. The topological polar surface area (TPSA) is 87.3 Å². The van der Waals surface area contributed by atoms with Gasteiger partial charge >= 0.3 is 0 Å². The number of carbonyl (C=O) groups is 1. The van der Waals surface area contributed by atoms with Crippen LogP contribution in [0.1, 0.15) is 33.1 Å². The van der Waals surface area contributed by atoms with Crippen molar-refractivity contribution in [1.82, 2.24) is 10.0 Å². The zero-order valence-electron chi connectivity index (χ0n) is 14.0. The van der Waals surface area contributed by atoms with Crippen molar-refractivity contribution in [3.05, 3.63) is 24.3 Å². The number of anilines is 1. The van der Waals surface area contributed by atoms with E-state index in [0.717, 1.165) is 25.9 Å². The maximum absolute atomic E-state index is 12.0. The molecule has 6 nitrogen and oxygen atoms in total. The van der Waals surface area contributed by atoms with Gasteiger partial charge in [0.15, 0.2) is 0 Å². The predicted octanol–water partition coefficient (Wildman–Crippen LogP) is 2.12. The molecule has 8 heteroatoms. The van der Waals surface area contributed by atoms with Gasteiger partial charge in [-0.15, -0.1) is 12.4 Å². The van der Waals surface area contributed by atoms with Crippen molar-refractivity contribution < 1.29 is 13.2 Å². The van der Waals surface area contributed by atoms with E-state index in [1.807, 2.05) is 0 Å². The van der Waals surface area contributed by atoms with Gasteiger partial charge < -0.3 is 10.6 Å². The van der Waals surface area contributed by atoms with Gasteiger partial charge in [-0.2, -0.15) is 0 Å². The van der Waals surface area contributed by atoms with Gasteiger partial charge in [0.05, 0.1) is 4.90 Å². The molecule has 0 unspecified atom stereocenters. The Balaban J connectivity index is 0.00000288. The van der Waals surface area contributed by atoms with Crippen molar-refractivity contribution in [3.63, 3.8) is 0 Å². The summed E-state index contributed by atoms with van der Waals surface area (Å²) in [7, 11) is -3.50. The van der Waals surface area contributed by atoms with Crippen LogP contribution >= 0.6 is 12.4 Å². The molecule has 1 fully saturated rings. The number of sulfonamides is 1. The van der Waals surface area contributed by atoms with Crippen molar-refractivity contribution in [2.45, 2.75) is 44.0 Å². The summed E-state index contributed by atoms with van der Waals surface area (Å²) in [6.45, 7) is 5.47. The second-order valence-electron chi connectivity index (χ2n) is 6.25. The van der Waals surface area contributed by atoms with Gasteiger partial charge in [0.25, 0.3) is 0 Å². The fourth-order valence-corrected chi connectivity index (χ4v) is 3.91. The normalized spacial score (nSPS) is 15.8. The standard InChI is InChI=1S/C16H25N3O3S.ClH/c1-12(2)19-23(21,22)15-5-3-14(4-6-15)18-16(20)11-13-7-9-17-10-8-13;/h3-6,12-13,17,19H,7-11H2,1-2H3,(H,18,20);1H. The van der Waals surface area contributed by atoms with E-state index in [1.165, 1.54) is 12.1 Å². The lowest BCUT2D eigenvalue weighted by molar-refractivity contribution is -0.117. The molecule has 0 bridgehead atoms. The zero-order chi connectivity index (χ0) is 16.9. The number of piperidine rings is 1. The van der Waals surface area contributed by atoms with Gasteiger partial charge in [-0.25, -0.2) is 13.1 Å². The van der Waals surface area contributed by atoms with E-state index in [4.69, 9.17) is 0 Å².